The van der Waals surface area contributed by atoms with Gasteiger partial charge in [0.15, 0.2) is 5.69 Å². The largest absolute Gasteiger partial charge is 0.494 e. The number of anilines is 1. The van der Waals surface area contributed by atoms with Crippen molar-refractivity contribution >= 4 is 46.2 Å². The number of ether oxygens (including phenoxy) is 4. The number of nitrogens with one attached hydrogen (secondary N) is 1. The van der Waals surface area contributed by atoms with Crippen LogP contribution < -0.4 is 19.7 Å². The third kappa shape index (κ3) is 7.60. The van der Waals surface area contributed by atoms with Gasteiger partial charge in [0, 0.05) is 57.1 Å². The quantitative estimate of drug-likeness (QED) is 0.271. The average molecular weight is 694 g/mol. The predicted molar refractivity (Wildman–Crippen MR) is 183 cm³/mol. The second-order valence-electron chi connectivity index (χ2n) is 13.1. The van der Waals surface area contributed by atoms with Crippen LogP contribution in [-0.4, -0.2) is 114 Å². The molecular weight excluding hydrogens is 654 g/mol. The minimum atomic E-state index is -0.678. The Hall–Kier alpha value is -4.82. The van der Waals surface area contributed by atoms with E-state index in [2.05, 4.69) is 20.3 Å². The third-order valence-corrected chi connectivity index (χ3v) is 8.46. The number of halogens is 1. The molecule has 3 aromatic rings. The minimum absolute atomic E-state index is 0.100. The van der Waals surface area contributed by atoms with E-state index in [4.69, 9.17) is 30.5 Å². The lowest BCUT2D eigenvalue weighted by molar-refractivity contribution is -0.143. The summed E-state index contributed by atoms with van der Waals surface area (Å²) in [6.07, 6.45) is 7.16. The van der Waals surface area contributed by atoms with Crippen LogP contribution in [0.2, 0.25) is 5.15 Å². The zero-order valence-electron chi connectivity index (χ0n) is 28.2. The van der Waals surface area contributed by atoms with Crippen LogP contribution in [0.25, 0.3) is 16.6 Å². The molecule has 0 aliphatic carbocycles. The van der Waals surface area contributed by atoms with Crippen LogP contribution in [0.1, 0.15) is 37.7 Å². The fraction of sp³-hybridized carbons (Fsp3) is 0.441. The van der Waals surface area contributed by atoms with Gasteiger partial charge in [0.05, 0.1) is 35.8 Å². The molecule has 3 aliphatic rings. The molecule has 15 heteroatoms. The van der Waals surface area contributed by atoms with Crippen molar-refractivity contribution in [3.05, 3.63) is 59.2 Å². The highest BCUT2D eigenvalue weighted by molar-refractivity contribution is 6.30. The van der Waals surface area contributed by atoms with E-state index in [0.29, 0.717) is 59.0 Å². The lowest BCUT2D eigenvalue weighted by Gasteiger charge is -2.32. The molecule has 1 atom stereocenters. The standard InChI is InChI=1S/C34H40ClN7O7/c1-34(2,3)49-33(45)41-13-14-47-28-16-26(27(46-5)15-25(28)41)42-24-17-29(35)37-18-23(24)30(38-42)31(43)36-9-12-40-10-6-7-21(19-40)32(44)48-22-8-11-39(4)20-22/h6-7,10,15-18,22H,8-9,11-14,19-20H2,1-5H3,(H,36,43)/t22-/m1/s1. The summed E-state index contributed by atoms with van der Waals surface area (Å²) < 4.78 is 24.5. The van der Waals surface area contributed by atoms with Crippen LogP contribution >= 0.6 is 11.6 Å². The van der Waals surface area contributed by atoms with Gasteiger partial charge in [0.2, 0.25) is 0 Å². The molecule has 14 nitrogen and oxygen atoms in total. The number of likely N-dealkylation sites (tertiary alicyclic amines) is 1. The molecule has 0 bridgehead atoms. The van der Waals surface area contributed by atoms with Crippen molar-refractivity contribution < 1.29 is 33.3 Å². The number of methoxy groups -OCH3 is 1. The fourth-order valence-electron chi connectivity index (χ4n) is 5.91. The Labute approximate surface area is 289 Å². The summed E-state index contributed by atoms with van der Waals surface area (Å²) >= 11 is 6.30. The van der Waals surface area contributed by atoms with E-state index in [1.807, 2.05) is 18.1 Å². The minimum Gasteiger partial charge on any atom is -0.494 e. The number of amides is 2. The number of fused-ring (bicyclic) bond motifs is 2. The smallest absolute Gasteiger partial charge is 0.415 e. The second-order valence-corrected chi connectivity index (χ2v) is 13.5. The van der Waals surface area contributed by atoms with Crippen LogP contribution in [-0.2, 0) is 14.3 Å². The van der Waals surface area contributed by atoms with Gasteiger partial charge in [-0.3, -0.25) is 9.69 Å². The van der Waals surface area contributed by atoms with Gasteiger partial charge in [0.1, 0.15) is 40.7 Å². The molecule has 0 spiro atoms. The number of benzene rings is 1. The lowest BCUT2D eigenvalue weighted by Crippen LogP contribution is -2.41. The van der Waals surface area contributed by atoms with Crippen LogP contribution in [0.3, 0.4) is 0 Å². The van der Waals surface area contributed by atoms with Gasteiger partial charge in [-0.2, -0.15) is 5.10 Å². The third-order valence-electron chi connectivity index (χ3n) is 8.25. The van der Waals surface area contributed by atoms with Gasteiger partial charge >= 0.3 is 12.1 Å². The predicted octanol–water partition coefficient (Wildman–Crippen LogP) is 3.95. The van der Waals surface area contributed by atoms with Crippen molar-refractivity contribution in [3.8, 4) is 17.2 Å². The number of hydrogen-bond acceptors (Lipinski definition) is 11. The van der Waals surface area contributed by atoms with Gasteiger partial charge in [-0.15, -0.1) is 0 Å². The number of aromatic nitrogens is 3. The Morgan fingerprint density at radius 3 is 2.69 bits per heavy atom. The van der Waals surface area contributed by atoms with E-state index in [0.717, 1.165) is 19.5 Å². The number of hydrogen-bond donors (Lipinski definition) is 1. The fourth-order valence-corrected chi connectivity index (χ4v) is 6.06. The van der Waals surface area contributed by atoms with E-state index in [-0.39, 0.29) is 36.1 Å². The molecule has 6 rings (SSSR count). The second kappa shape index (κ2) is 14.0. The van der Waals surface area contributed by atoms with E-state index in [1.165, 1.54) is 18.2 Å². The Balaban J connectivity index is 1.18. The SMILES string of the molecule is COc1cc2c(cc1-n1nc(C(=O)NCCN3C=CC=C(C(=O)O[C@@H]4CCN(C)C4)C3)c3cnc(Cl)cc31)OCCN2C(=O)OC(C)(C)C. The first-order valence-corrected chi connectivity index (χ1v) is 16.5. The van der Waals surface area contributed by atoms with Crippen molar-refractivity contribution in [1.29, 1.82) is 0 Å². The number of carbonyl (C=O) groups excluding carboxylic acids is 3. The van der Waals surface area contributed by atoms with Crippen molar-refractivity contribution in [2.24, 2.45) is 0 Å². The number of pyridine rings is 1. The topological polar surface area (TPSA) is 141 Å². The molecular formula is C34H40ClN7O7. The maximum absolute atomic E-state index is 13.6. The summed E-state index contributed by atoms with van der Waals surface area (Å²) in [5, 5.41) is 8.30. The molecule has 0 unspecified atom stereocenters. The molecule has 49 heavy (non-hydrogen) atoms. The van der Waals surface area contributed by atoms with Crippen molar-refractivity contribution in [2.75, 3.05) is 64.9 Å². The maximum Gasteiger partial charge on any atom is 0.415 e. The lowest BCUT2D eigenvalue weighted by atomic mass is 10.2. The number of rotatable bonds is 8. The van der Waals surface area contributed by atoms with E-state index >= 15 is 0 Å². The molecule has 260 valence electrons. The Bertz CT molecular complexity index is 1830. The summed E-state index contributed by atoms with van der Waals surface area (Å²) in [7, 11) is 3.51. The van der Waals surface area contributed by atoms with Crippen molar-refractivity contribution in [1.82, 2.24) is 29.9 Å². The molecule has 1 saturated heterocycles. The maximum atomic E-state index is 13.6. The first-order valence-electron chi connectivity index (χ1n) is 16.1. The van der Waals surface area contributed by atoms with Gasteiger partial charge in [-0.1, -0.05) is 11.6 Å². The normalized spacial score (nSPS) is 17.8. The van der Waals surface area contributed by atoms with E-state index in [9.17, 15) is 14.4 Å². The Morgan fingerprint density at radius 1 is 1.14 bits per heavy atom. The average Bonchev–Trinajstić information content (AvgIpc) is 3.65. The molecule has 1 aromatic carbocycles. The molecule has 5 heterocycles. The van der Waals surface area contributed by atoms with Crippen LogP contribution in [0.4, 0.5) is 10.5 Å². The molecule has 3 aliphatic heterocycles. The van der Waals surface area contributed by atoms with Crippen molar-refractivity contribution in [2.45, 2.75) is 38.9 Å². The van der Waals surface area contributed by atoms with Crippen molar-refractivity contribution in [3.63, 3.8) is 0 Å². The van der Waals surface area contributed by atoms with E-state index < -0.39 is 17.6 Å². The first kappa shape index (κ1) is 34.1. The molecule has 1 fully saturated rings. The highest BCUT2D eigenvalue weighted by Gasteiger charge is 2.31. The summed E-state index contributed by atoms with van der Waals surface area (Å²) in [6.45, 7) is 8.71. The zero-order valence-corrected chi connectivity index (χ0v) is 29.0. The molecule has 0 radical (unpaired) electrons. The molecule has 2 amide bonds. The van der Waals surface area contributed by atoms with Gasteiger partial charge < -0.3 is 34.1 Å². The summed E-state index contributed by atoms with van der Waals surface area (Å²) in [6, 6.07) is 5.00. The van der Waals surface area contributed by atoms with Crippen LogP contribution in [0, 0.1) is 0 Å². The molecule has 1 N–H and O–H groups in total. The highest BCUT2D eigenvalue weighted by Crippen LogP contribution is 2.41. The highest BCUT2D eigenvalue weighted by atomic mass is 35.5. The number of nitrogens with zero attached hydrogens (tertiary/aromatic N) is 6. The Kier molecular flexibility index (Phi) is 9.70. The van der Waals surface area contributed by atoms with Gasteiger partial charge in [-0.25, -0.2) is 19.3 Å². The number of likely N-dealkylation sites (N-methyl/N-ethyl adjacent to an activating group) is 1. The number of esters is 1. The number of carbonyl (C=O) groups is 3. The zero-order chi connectivity index (χ0) is 34.9. The monoisotopic (exact) mass is 693 g/mol. The Morgan fingerprint density at radius 2 is 1.96 bits per heavy atom. The van der Waals surface area contributed by atoms with Crippen LogP contribution in [0.15, 0.2) is 48.3 Å². The first-order chi connectivity index (χ1) is 23.4. The molecule has 0 saturated carbocycles. The number of allylic oxidation sites excluding steroid dienone is 2. The summed E-state index contributed by atoms with van der Waals surface area (Å²) in [5.41, 5.74) is 1.49. The summed E-state index contributed by atoms with van der Waals surface area (Å²) in [5.74, 6) is 0.0626. The van der Waals surface area contributed by atoms with Crippen LogP contribution in [0.5, 0.6) is 11.5 Å². The van der Waals surface area contributed by atoms with Gasteiger partial charge in [0.25, 0.3) is 5.91 Å². The van der Waals surface area contributed by atoms with Gasteiger partial charge in [-0.05, 0) is 52.6 Å². The molecule has 2 aromatic heterocycles. The van der Waals surface area contributed by atoms with E-state index in [1.54, 1.807) is 55.8 Å². The summed E-state index contributed by atoms with van der Waals surface area (Å²) in [4.78, 5) is 49.1.